The number of carbonyl (C=O) groups is 1. The van der Waals surface area contributed by atoms with Crippen LogP contribution in [-0.2, 0) is 14.4 Å². The van der Waals surface area contributed by atoms with E-state index in [1.807, 2.05) is 24.3 Å². The summed E-state index contributed by atoms with van der Waals surface area (Å²) in [5.41, 5.74) is 0. The van der Waals surface area contributed by atoms with Crippen LogP contribution in [0.5, 0.6) is 0 Å². The molecule has 0 amide bonds. The first kappa shape index (κ1) is 21.6. The van der Waals surface area contributed by atoms with Gasteiger partial charge in [0, 0.05) is 5.97 Å². The van der Waals surface area contributed by atoms with Crippen LogP contribution in [0, 0.1) is 0 Å². The Balaban J connectivity index is 2.10. The van der Waals surface area contributed by atoms with Crippen molar-refractivity contribution in [1.82, 2.24) is 0 Å². The van der Waals surface area contributed by atoms with Crippen molar-refractivity contribution in [3.63, 3.8) is 0 Å². The van der Waals surface area contributed by atoms with E-state index in [0.717, 1.165) is 12.8 Å². The number of epoxide rings is 1. The van der Waals surface area contributed by atoms with Gasteiger partial charge < -0.3 is 14.6 Å². The SMILES string of the molecule is CCCCC[C@H]1O[C@H]1C/C=C\C=C\[C@H](C/C=C\CCCC(=O)[O-])OO. The molecule has 1 aliphatic heterocycles. The predicted octanol–water partition coefficient (Wildman–Crippen LogP) is 3.56. The van der Waals surface area contributed by atoms with Gasteiger partial charge in [0.2, 0.25) is 0 Å². The molecule has 1 saturated heterocycles. The number of carboxylic acid groups (broad SMARTS) is 1. The molecule has 1 rings (SSSR count). The summed E-state index contributed by atoms with van der Waals surface area (Å²) in [6.07, 6.45) is 19.5. The molecule has 0 saturated carbocycles. The number of carbonyl (C=O) groups excluding carboxylic acids is 1. The normalized spacial score (nSPS) is 21.5. The van der Waals surface area contributed by atoms with Crippen molar-refractivity contribution >= 4 is 5.97 Å². The highest BCUT2D eigenvalue weighted by atomic mass is 17.1. The van der Waals surface area contributed by atoms with Gasteiger partial charge in [0.15, 0.2) is 0 Å². The maximum Gasteiger partial charge on any atom is 0.115 e. The van der Waals surface area contributed by atoms with Gasteiger partial charge in [-0.2, -0.15) is 0 Å². The average molecular weight is 351 g/mol. The van der Waals surface area contributed by atoms with Gasteiger partial charge in [0.25, 0.3) is 0 Å². The summed E-state index contributed by atoms with van der Waals surface area (Å²) < 4.78 is 5.62. The summed E-state index contributed by atoms with van der Waals surface area (Å²) in [5.74, 6) is -1.02. The van der Waals surface area contributed by atoms with Crippen molar-refractivity contribution in [1.29, 1.82) is 0 Å². The second-order valence-corrected chi connectivity index (χ2v) is 6.37. The molecule has 0 aromatic rings. The molecule has 3 atom stereocenters. The van der Waals surface area contributed by atoms with Gasteiger partial charge >= 0.3 is 0 Å². The quantitative estimate of drug-likeness (QED) is 0.122. The molecule has 25 heavy (non-hydrogen) atoms. The fraction of sp³-hybridized carbons (Fsp3) is 0.650. The van der Waals surface area contributed by atoms with Gasteiger partial charge in [-0.3, -0.25) is 5.26 Å². The van der Waals surface area contributed by atoms with Crippen LogP contribution in [0.25, 0.3) is 0 Å². The van der Waals surface area contributed by atoms with E-state index >= 15 is 0 Å². The lowest BCUT2D eigenvalue weighted by Gasteiger charge is -2.04. The second kappa shape index (κ2) is 13.8. The number of unbranched alkanes of at least 4 members (excludes halogenated alkanes) is 3. The van der Waals surface area contributed by atoms with Gasteiger partial charge in [-0.15, -0.1) is 0 Å². The molecule has 0 aromatic heterocycles. The van der Waals surface area contributed by atoms with Crippen molar-refractivity contribution in [3.8, 4) is 0 Å². The first-order valence-electron chi connectivity index (χ1n) is 9.31. The van der Waals surface area contributed by atoms with E-state index < -0.39 is 12.1 Å². The van der Waals surface area contributed by atoms with Crippen molar-refractivity contribution in [3.05, 3.63) is 36.5 Å². The van der Waals surface area contributed by atoms with E-state index in [2.05, 4.69) is 17.9 Å². The van der Waals surface area contributed by atoms with Crippen molar-refractivity contribution < 1.29 is 24.8 Å². The molecule has 0 bridgehead atoms. The van der Waals surface area contributed by atoms with Crippen molar-refractivity contribution in [2.75, 3.05) is 0 Å². The Morgan fingerprint density at radius 1 is 1.20 bits per heavy atom. The molecule has 142 valence electrons. The first-order chi connectivity index (χ1) is 12.2. The number of rotatable bonds is 15. The van der Waals surface area contributed by atoms with Crippen LogP contribution in [0.15, 0.2) is 36.5 Å². The lowest BCUT2D eigenvalue weighted by atomic mass is 10.1. The zero-order valence-corrected chi connectivity index (χ0v) is 15.1. The van der Waals surface area contributed by atoms with Crippen molar-refractivity contribution in [2.45, 2.75) is 83.0 Å². The molecule has 5 heteroatoms. The Bertz CT molecular complexity index is 441. The van der Waals surface area contributed by atoms with Gasteiger partial charge in [-0.25, -0.2) is 4.89 Å². The molecule has 0 aliphatic carbocycles. The Labute approximate surface area is 151 Å². The summed E-state index contributed by atoms with van der Waals surface area (Å²) in [6, 6.07) is 0. The van der Waals surface area contributed by atoms with Crippen LogP contribution in [-0.4, -0.2) is 29.5 Å². The topological polar surface area (TPSA) is 82.1 Å². The van der Waals surface area contributed by atoms with Gasteiger partial charge in [0.1, 0.15) is 6.10 Å². The predicted molar refractivity (Wildman–Crippen MR) is 95.8 cm³/mol. The second-order valence-electron chi connectivity index (χ2n) is 6.37. The maximum absolute atomic E-state index is 10.3. The molecule has 0 aromatic carbocycles. The lowest BCUT2D eigenvalue weighted by molar-refractivity contribution is -0.305. The van der Waals surface area contributed by atoms with E-state index in [0.29, 0.717) is 31.5 Å². The molecule has 0 radical (unpaired) electrons. The molecule has 1 heterocycles. The number of carboxylic acids is 1. The minimum Gasteiger partial charge on any atom is -0.550 e. The fourth-order valence-electron chi connectivity index (χ4n) is 2.58. The monoisotopic (exact) mass is 351 g/mol. The van der Waals surface area contributed by atoms with E-state index in [-0.39, 0.29) is 6.42 Å². The fourth-order valence-corrected chi connectivity index (χ4v) is 2.58. The van der Waals surface area contributed by atoms with Crippen molar-refractivity contribution in [2.24, 2.45) is 0 Å². The van der Waals surface area contributed by atoms with E-state index in [1.165, 1.54) is 19.3 Å². The third-order valence-corrected chi connectivity index (χ3v) is 4.14. The largest absolute Gasteiger partial charge is 0.550 e. The summed E-state index contributed by atoms with van der Waals surface area (Å²) in [5, 5.41) is 19.1. The number of allylic oxidation sites excluding steroid dienone is 3. The first-order valence-corrected chi connectivity index (χ1v) is 9.31. The maximum atomic E-state index is 10.3. The third kappa shape index (κ3) is 11.7. The van der Waals surface area contributed by atoms with Crippen LogP contribution in [0.4, 0.5) is 0 Å². The van der Waals surface area contributed by atoms with Gasteiger partial charge in [-0.05, 0) is 38.5 Å². The zero-order chi connectivity index (χ0) is 18.3. The minimum absolute atomic E-state index is 0.0686. The highest BCUT2D eigenvalue weighted by Crippen LogP contribution is 2.30. The van der Waals surface area contributed by atoms with Crippen LogP contribution >= 0.6 is 0 Å². The van der Waals surface area contributed by atoms with Crippen LogP contribution in [0.3, 0.4) is 0 Å². The summed E-state index contributed by atoms with van der Waals surface area (Å²) in [6.45, 7) is 2.21. The van der Waals surface area contributed by atoms with Gasteiger partial charge in [-0.1, -0.05) is 62.6 Å². The Morgan fingerprint density at radius 3 is 2.76 bits per heavy atom. The van der Waals surface area contributed by atoms with E-state index in [9.17, 15) is 9.90 Å². The molecule has 0 spiro atoms. The Kier molecular flexibility index (Phi) is 11.9. The number of ether oxygens (including phenoxy) is 1. The standard InChI is InChI=1S/C20H32O5/c1-2-3-7-14-18-19(24-18)15-10-6-9-13-17(25-23)12-8-4-5-11-16-20(21)22/h4,6,8-10,13,17-19,23H,2-3,5,7,11-12,14-16H2,1H3,(H,21,22)/p-1/b8-4-,10-6-,13-9+/t17-,18+,19-/m0/s1. The Morgan fingerprint density at radius 2 is 2.04 bits per heavy atom. The van der Waals surface area contributed by atoms with Crippen LogP contribution in [0.2, 0.25) is 0 Å². The Hall–Kier alpha value is -1.43. The third-order valence-electron chi connectivity index (χ3n) is 4.14. The van der Waals surface area contributed by atoms with Gasteiger partial charge in [0.05, 0.1) is 12.2 Å². The number of aliphatic carboxylic acids is 1. The molecule has 1 aliphatic rings. The number of hydrogen-bond acceptors (Lipinski definition) is 5. The molecule has 1 N–H and O–H groups in total. The van der Waals surface area contributed by atoms with Crippen LogP contribution in [0.1, 0.15) is 64.7 Å². The zero-order valence-electron chi connectivity index (χ0n) is 15.1. The van der Waals surface area contributed by atoms with E-state index in [1.54, 1.807) is 6.08 Å². The minimum atomic E-state index is -1.02. The smallest absolute Gasteiger partial charge is 0.115 e. The molecular formula is C20H31O5-. The highest BCUT2D eigenvalue weighted by Gasteiger charge is 2.36. The molecule has 5 nitrogen and oxygen atoms in total. The number of hydrogen-bond donors (Lipinski definition) is 1. The van der Waals surface area contributed by atoms with Crippen LogP contribution < -0.4 is 5.11 Å². The highest BCUT2D eigenvalue weighted by molar-refractivity contribution is 5.64. The lowest BCUT2D eigenvalue weighted by Crippen LogP contribution is -2.21. The molecule has 1 fully saturated rings. The summed E-state index contributed by atoms with van der Waals surface area (Å²) >= 11 is 0. The summed E-state index contributed by atoms with van der Waals surface area (Å²) in [7, 11) is 0. The summed E-state index contributed by atoms with van der Waals surface area (Å²) in [4.78, 5) is 14.7. The molecular weight excluding hydrogens is 320 g/mol. The average Bonchev–Trinajstić information content (AvgIpc) is 3.34. The molecule has 0 unspecified atom stereocenters. The van der Waals surface area contributed by atoms with E-state index in [4.69, 9.17) is 9.99 Å².